The molecule has 0 saturated carbocycles. The van der Waals surface area contributed by atoms with Gasteiger partial charge < -0.3 is 9.47 Å². The molecule has 0 aromatic rings. The minimum atomic E-state index is -0.394. The number of ether oxygens (including phenoxy) is 2. The van der Waals surface area contributed by atoms with E-state index in [4.69, 9.17) is 9.47 Å². The molecule has 3 nitrogen and oxygen atoms in total. The van der Waals surface area contributed by atoms with Gasteiger partial charge in [0, 0.05) is 13.2 Å². The van der Waals surface area contributed by atoms with Gasteiger partial charge in [-0.15, -0.1) is 11.8 Å². The van der Waals surface area contributed by atoms with Crippen molar-refractivity contribution in [2.24, 2.45) is 0 Å². The van der Waals surface area contributed by atoms with Crippen LogP contribution in [0, 0.1) is 11.8 Å². The molecule has 0 rings (SSSR count). The smallest absolute Gasteiger partial charge is 0.222 e. The number of hydrogen-bond donors (Lipinski definition) is 0. The monoisotopic (exact) mass is 231 g/mol. The molecular weight excluding hydrogens is 210 g/mol. The lowest BCUT2D eigenvalue weighted by molar-refractivity contribution is -0.0970. The maximum atomic E-state index is 5.33. The summed E-state index contributed by atoms with van der Waals surface area (Å²) in [6, 6.07) is 0. The molecule has 4 heteroatoms. The first-order chi connectivity index (χ1) is 7.15. The maximum Gasteiger partial charge on any atom is 0.222 e. The van der Waals surface area contributed by atoms with E-state index in [-0.39, 0.29) is 5.37 Å². The Hall–Kier alpha value is -0.210. The van der Waals surface area contributed by atoms with E-state index in [2.05, 4.69) is 16.7 Å². The van der Waals surface area contributed by atoms with Crippen LogP contribution in [0.1, 0.15) is 13.8 Å². The zero-order valence-corrected chi connectivity index (χ0v) is 11.1. The van der Waals surface area contributed by atoms with E-state index in [1.165, 1.54) is 0 Å². The average molecular weight is 231 g/mol. The summed E-state index contributed by atoms with van der Waals surface area (Å²) in [5.41, 5.74) is 0. The molecular formula is C11H21NO2S. The standard InChI is InChI=1S/C11H21NO2S/c1-6-13-11(14-7-2)9-8-10(15-5)12(3)4/h10-11H,6-7H2,1-5H3. The zero-order valence-electron chi connectivity index (χ0n) is 10.2. The van der Waals surface area contributed by atoms with Crippen LogP contribution in [0.2, 0.25) is 0 Å². The third-order valence-electron chi connectivity index (χ3n) is 1.65. The Bertz CT molecular complexity index is 204. The van der Waals surface area contributed by atoms with Crippen molar-refractivity contribution in [1.29, 1.82) is 0 Å². The summed E-state index contributed by atoms with van der Waals surface area (Å²) in [4.78, 5) is 2.06. The summed E-state index contributed by atoms with van der Waals surface area (Å²) in [6.45, 7) is 5.11. The van der Waals surface area contributed by atoms with Gasteiger partial charge in [0.05, 0.1) is 0 Å². The average Bonchev–Trinajstić information content (AvgIpc) is 2.18. The highest BCUT2D eigenvalue weighted by atomic mass is 32.2. The van der Waals surface area contributed by atoms with Gasteiger partial charge in [-0.05, 0) is 40.1 Å². The summed E-state index contributed by atoms with van der Waals surface area (Å²) < 4.78 is 10.7. The molecule has 1 unspecified atom stereocenters. The number of thioether (sulfide) groups is 1. The van der Waals surface area contributed by atoms with Gasteiger partial charge in [-0.1, -0.05) is 5.92 Å². The molecule has 0 bridgehead atoms. The lowest BCUT2D eigenvalue weighted by Crippen LogP contribution is -2.23. The second-order valence-electron chi connectivity index (χ2n) is 3.08. The van der Waals surface area contributed by atoms with E-state index in [1.807, 2.05) is 34.2 Å². The van der Waals surface area contributed by atoms with Gasteiger partial charge in [0.15, 0.2) is 0 Å². The fraction of sp³-hybridized carbons (Fsp3) is 0.818. The van der Waals surface area contributed by atoms with Crippen molar-refractivity contribution < 1.29 is 9.47 Å². The Kier molecular flexibility index (Phi) is 8.92. The molecule has 0 aliphatic carbocycles. The first-order valence-electron chi connectivity index (χ1n) is 5.09. The van der Waals surface area contributed by atoms with E-state index >= 15 is 0 Å². The molecule has 15 heavy (non-hydrogen) atoms. The van der Waals surface area contributed by atoms with Crippen LogP contribution in [0.5, 0.6) is 0 Å². The minimum absolute atomic E-state index is 0.188. The van der Waals surface area contributed by atoms with Gasteiger partial charge >= 0.3 is 0 Å². The largest absolute Gasteiger partial charge is 0.342 e. The highest BCUT2D eigenvalue weighted by Crippen LogP contribution is 2.07. The fourth-order valence-electron chi connectivity index (χ4n) is 0.972. The summed E-state index contributed by atoms with van der Waals surface area (Å²) in [5.74, 6) is 6.12. The molecule has 0 radical (unpaired) electrons. The third-order valence-corrected chi connectivity index (χ3v) is 2.64. The van der Waals surface area contributed by atoms with Crippen molar-refractivity contribution >= 4 is 11.8 Å². The topological polar surface area (TPSA) is 21.7 Å². The number of nitrogens with zero attached hydrogens (tertiary/aromatic N) is 1. The van der Waals surface area contributed by atoms with Crippen molar-refractivity contribution in [3.63, 3.8) is 0 Å². The Morgan fingerprint density at radius 1 is 1.13 bits per heavy atom. The van der Waals surface area contributed by atoms with Gasteiger partial charge in [-0.3, -0.25) is 4.90 Å². The molecule has 0 aromatic carbocycles. The molecule has 0 spiro atoms. The molecule has 0 aromatic heterocycles. The molecule has 0 fully saturated rings. The van der Waals surface area contributed by atoms with Crippen LogP contribution in [0.25, 0.3) is 0 Å². The van der Waals surface area contributed by atoms with Crippen LogP contribution in [0.4, 0.5) is 0 Å². The highest BCUT2D eigenvalue weighted by Gasteiger charge is 2.06. The minimum Gasteiger partial charge on any atom is -0.342 e. The quantitative estimate of drug-likeness (QED) is 0.512. The Labute approximate surface area is 97.5 Å². The van der Waals surface area contributed by atoms with Crippen molar-refractivity contribution in [2.75, 3.05) is 33.6 Å². The lowest BCUT2D eigenvalue weighted by atomic mass is 10.5. The molecule has 88 valence electrons. The van der Waals surface area contributed by atoms with E-state index in [9.17, 15) is 0 Å². The van der Waals surface area contributed by atoms with Gasteiger partial charge in [-0.2, -0.15) is 0 Å². The zero-order chi connectivity index (χ0) is 11.7. The summed E-state index contributed by atoms with van der Waals surface area (Å²) in [7, 11) is 4.01. The Morgan fingerprint density at radius 2 is 1.67 bits per heavy atom. The molecule has 0 aliphatic heterocycles. The van der Waals surface area contributed by atoms with Crippen LogP contribution in [-0.4, -0.2) is 50.1 Å². The van der Waals surface area contributed by atoms with E-state index in [1.54, 1.807) is 11.8 Å². The van der Waals surface area contributed by atoms with Crippen molar-refractivity contribution in [3.8, 4) is 11.8 Å². The highest BCUT2D eigenvalue weighted by molar-refractivity contribution is 7.99. The van der Waals surface area contributed by atoms with Crippen LogP contribution < -0.4 is 0 Å². The molecule has 0 saturated heterocycles. The lowest BCUT2D eigenvalue weighted by Gasteiger charge is -2.16. The first-order valence-corrected chi connectivity index (χ1v) is 6.37. The van der Waals surface area contributed by atoms with Crippen molar-refractivity contribution in [2.45, 2.75) is 25.5 Å². The first kappa shape index (κ1) is 14.8. The van der Waals surface area contributed by atoms with Crippen LogP contribution in [0.15, 0.2) is 0 Å². The van der Waals surface area contributed by atoms with Gasteiger partial charge in [0.1, 0.15) is 5.37 Å². The van der Waals surface area contributed by atoms with E-state index < -0.39 is 6.29 Å². The second kappa shape index (κ2) is 9.05. The van der Waals surface area contributed by atoms with Gasteiger partial charge in [0.2, 0.25) is 6.29 Å². The predicted octanol–water partition coefficient (Wildman–Crippen LogP) is 1.64. The summed E-state index contributed by atoms with van der Waals surface area (Å²) in [5, 5.41) is 0.188. The SMILES string of the molecule is CCOC(C#CC(SC)N(C)C)OCC. The van der Waals surface area contributed by atoms with Crippen LogP contribution in [0.3, 0.4) is 0 Å². The summed E-state index contributed by atoms with van der Waals surface area (Å²) in [6.07, 6.45) is 1.64. The maximum absolute atomic E-state index is 5.33. The van der Waals surface area contributed by atoms with Crippen molar-refractivity contribution in [1.82, 2.24) is 4.90 Å². The van der Waals surface area contributed by atoms with Gasteiger partial charge in [0.25, 0.3) is 0 Å². The van der Waals surface area contributed by atoms with Crippen LogP contribution >= 0.6 is 11.8 Å². The number of rotatable bonds is 6. The third kappa shape index (κ3) is 6.80. The Morgan fingerprint density at radius 3 is 2.00 bits per heavy atom. The van der Waals surface area contributed by atoms with Crippen LogP contribution in [-0.2, 0) is 9.47 Å². The Balaban J connectivity index is 4.27. The molecule has 0 N–H and O–H groups in total. The fourth-order valence-corrected chi connectivity index (χ4v) is 1.58. The normalized spacial score (nSPS) is 12.7. The molecule has 1 atom stereocenters. The predicted molar refractivity (Wildman–Crippen MR) is 65.8 cm³/mol. The molecule has 0 amide bonds. The van der Waals surface area contributed by atoms with E-state index in [0.717, 1.165) is 0 Å². The molecule has 0 heterocycles. The van der Waals surface area contributed by atoms with Crippen molar-refractivity contribution in [3.05, 3.63) is 0 Å². The summed E-state index contributed by atoms with van der Waals surface area (Å²) >= 11 is 1.70. The van der Waals surface area contributed by atoms with E-state index in [0.29, 0.717) is 13.2 Å². The molecule has 0 aliphatic rings. The number of hydrogen-bond acceptors (Lipinski definition) is 4. The van der Waals surface area contributed by atoms with Gasteiger partial charge in [-0.25, -0.2) is 0 Å². The second-order valence-corrected chi connectivity index (χ2v) is 4.00.